The molecule has 0 amide bonds. The van der Waals surface area contributed by atoms with E-state index in [9.17, 15) is 4.79 Å². The quantitative estimate of drug-likeness (QED) is 0.663. The van der Waals surface area contributed by atoms with Crippen molar-refractivity contribution >= 4 is 17.4 Å². The van der Waals surface area contributed by atoms with Gasteiger partial charge in [0, 0.05) is 11.1 Å². The van der Waals surface area contributed by atoms with Crippen molar-refractivity contribution in [2.24, 2.45) is 0 Å². The van der Waals surface area contributed by atoms with Gasteiger partial charge >= 0.3 is 6.08 Å². The van der Waals surface area contributed by atoms with E-state index in [1.165, 1.54) is 0 Å². The lowest BCUT2D eigenvalue weighted by Gasteiger charge is -2.03. The van der Waals surface area contributed by atoms with Gasteiger partial charge in [-0.1, -0.05) is 53.2 Å². The van der Waals surface area contributed by atoms with Gasteiger partial charge in [0.15, 0.2) is 6.61 Å². The van der Waals surface area contributed by atoms with Crippen molar-refractivity contribution in [3.8, 4) is 17.5 Å². The second-order valence-electron chi connectivity index (χ2n) is 4.89. The van der Waals surface area contributed by atoms with Crippen LogP contribution in [0.25, 0.3) is 11.4 Å². The van der Waals surface area contributed by atoms with Crippen molar-refractivity contribution in [3.05, 3.63) is 64.7 Å². The van der Waals surface area contributed by atoms with Crippen molar-refractivity contribution in [3.63, 3.8) is 0 Å². The largest absolute Gasteiger partial charge is 0.440 e. The van der Waals surface area contributed by atoms with Gasteiger partial charge < -0.3 is 4.74 Å². The second-order valence-corrected chi connectivity index (χ2v) is 5.30. The first kappa shape index (κ1) is 15.2. The molecule has 1 aromatic heterocycles. The molecule has 0 aliphatic rings. The summed E-state index contributed by atoms with van der Waals surface area (Å²) >= 11 is 6.08. The Morgan fingerprint density at radius 3 is 2.70 bits per heavy atom. The minimum atomic E-state index is -0.172. The molecule has 0 saturated heterocycles. The van der Waals surface area contributed by atoms with Crippen LogP contribution >= 0.6 is 11.6 Å². The lowest BCUT2D eigenvalue weighted by atomic mass is 10.1. The molecule has 0 aliphatic carbocycles. The molecule has 3 aromatic rings. The number of benzene rings is 2. The van der Waals surface area contributed by atoms with E-state index in [0.717, 1.165) is 5.56 Å². The maximum atomic E-state index is 12.1. The highest BCUT2D eigenvalue weighted by atomic mass is 35.5. The maximum absolute atomic E-state index is 12.1. The van der Waals surface area contributed by atoms with Crippen LogP contribution in [0.3, 0.4) is 0 Å². The lowest BCUT2D eigenvalue weighted by molar-refractivity contribution is 0.0884. The molecule has 0 N–H and O–H groups in total. The number of carbonyl (C=O) groups is 1. The van der Waals surface area contributed by atoms with Gasteiger partial charge in [-0.15, -0.1) is 0 Å². The van der Waals surface area contributed by atoms with E-state index >= 15 is 0 Å². The van der Waals surface area contributed by atoms with Gasteiger partial charge in [-0.3, -0.25) is 9.32 Å². The molecular formula is C17H13ClN2O3. The SMILES string of the molecule is Cc1ccccc1C(=O)COc1nc(-c2ccccc2Cl)no1. The molecule has 0 spiro atoms. The predicted molar refractivity (Wildman–Crippen MR) is 85.7 cm³/mol. The molecular weight excluding hydrogens is 316 g/mol. The number of aromatic nitrogens is 2. The number of hydrogen-bond acceptors (Lipinski definition) is 5. The van der Waals surface area contributed by atoms with E-state index in [1.807, 2.05) is 37.3 Å². The van der Waals surface area contributed by atoms with E-state index in [1.54, 1.807) is 18.2 Å². The van der Waals surface area contributed by atoms with Crippen LogP contribution in [0.4, 0.5) is 0 Å². The Kier molecular flexibility index (Phi) is 4.39. The van der Waals surface area contributed by atoms with Gasteiger partial charge in [0.1, 0.15) is 0 Å². The number of hydrogen-bond donors (Lipinski definition) is 0. The zero-order valence-corrected chi connectivity index (χ0v) is 13.1. The van der Waals surface area contributed by atoms with Crippen LogP contribution in [-0.2, 0) is 0 Å². The van der Waals surface area contributed by atoms with Gasteiger partial charge in [-0.25, -0.2) is 0 Å². The summed E-state index contributed by atoms with van der Waals surface area (Å²) in [6.45, 7) is 1.70. The number of halogens is 1. The zero-order chi connectivity index (χ0) is 16.2. The molecule has 1 heterocycles. The standard InChI is InChI=1S/C17H13ClN2O3/c1-11-6-2-3-7-12(11)15(21)10-22-17-19-16(20-23-17)13-8-4-5-9-14(13)18/h2-9H,10H2,1H3. The highest BCUT2D eigenvalue weighted by Crippen LogP contribution is 2.26. The Bertz CT molecular complexity index is 845. The van der Waals surface area contributed by atoms with Gasteiger partial charge in [-0.2, -0.15) is 4.98 Å². The Hall–Kier alpha value is -2.66. The summed E-state index contributed by atoms with van der Waals surface area (Å²) in [5.41, 5.74) is 2.14. The van der Waals surface area contributed by atoms with Crippen LogP contribution in [-0.4, -0.2) is 22.5 Å². The van der Waals surface area contributed by atoms with Crippen molar-refractivity contribution in [1.82, 2.24) is 10.1 Å². The minimum absolute atomic E-state index is 0.0677. The molecule has 3 rings (SSSR count). The third kappa shape index (κ3) is 3.40. The molecule has 2 aromatic carbocycles. The number of ether oxygens (including phenoxy) is 1. The van der Waals surface area contributed by atoms with E-state index in [2.05, 4.69) is 10.1 Å². The van der Waals surface area contributed by atoms with Crippen molar-refractivity contribution in [2.75, 3.05) is 6.61 Å². The fraction of sp³-hybridized carbons (Fsp3) is 0.118. The van der Waals surface area contributed by atoms with Crippen LogP contribution in [0.2, 0.25) is 5.02 Å². The first-order valence-electron chi connectivity index (χ1n) is 6.95. The fourth-order valence-electron chi connectivity index (χ4n) is 2.11. The molecule has 0 saturated carbocycles. The smallest absolute Gasteiger partial charge is 0.418 e. The lowest BCUT2D eigenvalue weighted by Crippen LogP contribution is -2.12. The first-order valence-corrected chi connectivity index (χ1v) is 7.33. The van der Waals surface area contributed by atoms with Gasteiger partial charge in [0.2, 0.25) is 11.6 Å². The fourth-order valence-corrected chi connectivity index (χ4v) is 2.33. The maximum Gasteiger partial charge on any atom is 0.418 e. The first-order chi connectivity index (χ1) is 11.1. The third-order valence-electron chi connectivity index (χ3n) is 3.29. The highest BCUT2D eigenvalue weighted by molar-refractivity contribution is 6.33. The van der Waals surface area contributed by atoms with Crippen LogP contribution in [0.15, 0.2) is 53.1 Å². The summed E-state index contributed by atoms with van der Waals surface area (Å²) in [6.07, 6.45) is -0.0677. The Morgan fingerprint density at radius 2 is 1.91 bits per heavy atom. The Morgan fingerprint density at radius 1 is 1.17 bits per heavy atom. The van der Waals surface area contributed by atoms with Crippen molar-refractivity contribution < 1.29 is 14.1 Å². The summed E-state index contributed by atoms with van der Waals surface area (Å²) in [6, 6.07) is 14.4. The van der Waals surface area contributed by atoms with Gasteiger partial charge in [-0.05, 0) is 24.6 Å². The molecule has 0 fully saturated rings. The predicted octanol–water partition coefficient (Wildman–Crippen LogP) is 3.96. The number of rotatable bonds is 5. The number of Topliss-reactive ketones (excluding diaryl/α,β-unsaturated/α-hetero) is 1. The van der Waals surface area contributed by atoms with Crippen LogP contribution in [0, 0.1) is 6.92 Å². The van der Waals surface area contributed by atoms with Crippen molar-refractivity contribution in [2.45, 2.75) is 6.92 Å². The van der Waals surface area contributed by atoms with Crippen molar-refractivity contribution in [1.29, 1.82) is 0 Å². The molecule has 6 heteroatoms. The topological polar surface area (TPSA) is 65.2 Å². The Balaban J connectivity index is 1.70. The van der Waals surface area contributed by atoms with E-state index in [-0.39, 0.29) is 18.5 Å². The summed E-state index contributed by atoms with van der Waals surface area (Å²) in [4.78, 5) is 16.2. The average Bonchev–Trinajstić information content (AvgIpc) is 3.02. The van der Waals surface area contributed by atoms with Gasteiger partial charge in [0.05, 0.1) is 5.02 Å². The molecule has 0 radical (unpaired) electrons. The second kappa shape index (κ2) is 6.62. The highest BCUT2D eigenvalue weighted by Gasteiger charge is 2.15. The van der Waals surface area contributed by atoms with Gasteiger partial charge in [0.25, 0.3) is 0 Å². The molecule has 0 unspecified atom stereocenters. The summed E-state index contributed by atoms with van der Waals surface area (Å²) in [5.74, 6) is 0.162. The van der Waals surface area contributed by atoms with E-state index < -0.39 is 0 Å². The number of aryl methyl sites for hydroxylation is 1. The monoisotopic (exact) mass is 328 g/mol. The van der Waals surface area contributed by atoms with E-state index in [0.29, 0.717) is 22.0 Å². The number of nitrogens with zero attached hydrogens (tertiary/aromatic N) is 2. The summed E-state index contributed by atoms with van der Waals surface area (Å²) < 4.78 is 10.3. The van der Waals surface area contributed by atoms with E-state index in [4.69, 9.17) is 20.9 Å². The molecule has 0 bridgehead atoms. The third-order valence-corrected chi connectivity index (χ3v) is 3.62. The number of ketones is 1. The summed E-state index contributed by atoms with van der Waals surface area (Å²) in [5, 5.41) is 4.32. The average molecular weight is 329 g/mol. The molecule has 5 nitrogen and oxygen atoms in total. The molecule has 23 heavy (non-hydrogen) atoms. The Labute approximate surface area is 137 Å². The van der Waals surface area contributed by atoms with Crippen LogP contribution in [0.5, 0.6) is 6.08 Å². The van der Waals surface area contributed by atoms with Crippen LogP contribution < -0.4 is 4.74 Å². The summed E-state index contributed by atoms with van der Waals surface area (Å²) in [7, 11) is 0. The molecule has 116 valence electrons. The molecule has 0 atom stereocenters. The molecule has 0 aliphatic heterocycles. The number of carbonyl (C=O) groups excluding carboxylic acids is 1. The zero-order valence-electron chi connectivity index (χ0n) is 12.3. The normalized spacial score (nSPS) is 10.5. The minimum Gasteiger partial charge on any atom is -0.440 e. The van der Waals surface area contributed by atoms with Crippen LogP contribution in [0.1, 0.15) is 15.9 Å².